The van der Waals surface area contributed by atoms with E-state index < -0.39 is 10.0 Å². The van der Waals surface area contributed by atoms with Gasteiger partial charge in [0.05, 0.1) is 6.61 Å². The van der Waals surface area contributed by atoms with Crippen LogP contribution in [0.1, 0.15) is 25.3 Å². The smallest absolute Gasteiger partial charge is 0.250 e. The summed E-state index contributed by atoms with van der Waals surface area (Å²) < 4.78 is 32.7. The van der Waals surface area contributed by atoms with Crippen LogP contribution in [0.3, 0.4) is 0 Å². The first-order valence-corrected chi connectivity index (χ1v) is 8.67. The van der Waals surface area contributed by atoms with Crippen LogP contribution in [0.25, 0.3) is 0 Å². The molecule has 1 aromatic rings. The average molecular weight is 305 g/mol. The van der Waals surface area contributed by atoms with Crippen molar-refractivity contribution < 1.29 is 18.3 Å². The van der Waals surface area contributed by atoms with Crippen molar-refractivity contribution in [3.8, 4) is 0 Å². The molecule has 1 aromatic heterocycles. The van der Waals surface area contributed by atoms with Gasteiger partial charge >= 0.3 is 0 Å². The molecule has 0 saturated carbocycles. The predicted octanol–water partition coefficient (Wildman–Crippen LogP) is 1.33. The van der Waals surface area contributed by atoms with Gasteiger partial charge in [0.1, 0.15) is 4.21 Å². The lowest BCUT2D eigenvalue weighted by molar-refractivity contribution is 0.0586. The monoisotopic (exact) mass is 305 g/mol. The Labute approximate surface area is 117 Å². The molecule has 0 spiro atoms. The van der Waals surface area contributed by atoms with E-state index in [1.165, 1.54) is 6.07 Å². The fourth-order valence-electron chi connectivity index (χ4n) is 2.19. The van der Waals surface area contributed by atoms with Gasteiger partial charge in [-0.2, -0.15) is 0 Å². The maximum Gasteiger partial charge on any atom is 0.250 e. The van der Waals surface area contributed by atoms with E-state index >= 15 is 0 Å². The van der Waals surface area contributed by atoms with Crippen molar-refractivity contribution in [1.82, 2.24) is 4.72 Å². The van der Waals surface area contributed by atoms with Gasteiger partial charge in [-0.05, 0) is 42.7 Å². The van der Waals surface area contributed by atoms with Crippen molar-refractivity contribution in [2.45, 2.75) is 36.6 Å². The van der Waals surface area contributed by atoms with E-state index in [9.17, 15) is 8.42 Å². The first kappa shape index (κ1) is 14.9. The Morgan fingerprint density at radius 3 is 2.79 bits per heavy atom. The summed E-state index contributed by atoms with van der Waals surface area (Å²) in [6.45, 7) is 3.16. The van der Waals surface area contributed by atoms with Gasteiger partial charge in [0.25, 0.3) is 0 Å². The molecule has 1 fully saturated rings. The van der Waals surface area contributed by atoms with Crippen molar-refractivity contribution in [2.24, 2.45) is 5.92 Å². The molecule has 0 aromatic carbocycles. The van der Waals surface area contributed by atoms with Gasteiger partial charge in [0, 0.05) is 19.3 Å². The van der Waals surface area contributed by atoms with Crippen molar-refractivity contribution in [3.05, 3.63) is 17.0 Å². The largest absolute Gasteiger partial charge is 0.392 e. The highest BCUT2D eigenvalue weighted by atomic mass is 32.2. The maximum absolute atomic E-state index is 12.2. The van der Waals surface area contributed by atoms with E-state index in [0.717, 1.165) is 24.2 Å². The number of hydrogen-bond donors (Lipinski definition) is 2. The molecule has 0 bridgehead atoms. The number of nitrogens with one attached hydrogen (secondary N) is 1. The summed E-state index contributed by atoms with van der Waals surface area (Å²) in [5.74, 6) is 0.320. The third-order valence-electron chi connectivity index (χ3n) is 3.39. The molecule has 1 aliphatic rings. The molecule has 1 unspecified atom stereocenters. The number of hydrogen-bond acceptors (Lipinski definition) is 5. The Morgan fingerprint density at radius 1 is 1.53 bits per heavy atom. The molecule has 2 rings (SSSR count). The second-order valence-electron chi connectivity index (χ2n) is 4.79. The third kappa shape index (κ3) is 3.76. The van der Waals surface area contributed by atoms with Crippen LogP contribution >= 0.6 is 11.3 Å². The fraction of sp³-hybridized carbons (Fsp3) is 0.667. The van der Waals surface area contributed by atoms with Crippen molar-refractivity contribution in [1.29, 1.82) is 0 Å². The number of sulfonamides is 1. The zero-order valence-electron chi connectivity index (χ0n) is 10.8. The van der Waals surface area contributed by atoms with Gasteiger partial charge in [-0.25, -0.2) is 13.1 Å². The van der Waals surface area contributed by atoms with E-state index in [2.05, 4.69) is 4.72 Å². The predicted molar refractivity (Wildman–Crippen MR) is 73.6 cm³/mol. The molecule has 19 heavy (non-hydrogen) atoms. The highest BCUT2D eigenvalue weighted by Gasteiger charge is 2.26. The molecular weight excluding hydrogens is 286 g/mol. The Hall–Kier alpha value is -0.470. The summed E-state index contributed by atoms with van der Waals surface area (Å²) in [6, 6.07) is 1.41. The van der Waals surface area contributed by atoms with Crippen molar-refractivity contribution >= 4 is 21.4 Å². The Morgan fingerprint density at radius 2 is 2.21 bits per heavy atom. The molecule has 7 heteroatoms. The molecule has 0 aliphatic carbocycles. The lowest BCUT2D eigenvalue weighted by Gasteiger charge is -2.27. The van der Waals surface area contributed by atoms with Crippen LogP contribution in [0.15, 0.2) is 15.7 Å². The third-order valence-corrected chi connectivity index (χ3v) is 6.44. The Kier molecular flexibility index (Phi) is 4.97. The van der Waals surface area contributed by atoms with Crippen LogP contribution in [0, 0.1) is 5.92 Å². The topological polar surface area (TPSA) is 75.6 Å². The van der Waals surface area contributed by atoms with Gasteiger partial charge in [0.2, 0.25) is 10.0 Å². The SMILES string of the molecule is CC(NS(=O)(=O)c1cc(CO)cs1)C1CCOCC1. The summed E-state index contributed by atoms with van der Waals surface area (Å²) >= 11 is 1.13. The molecule has 1 saturated heterocycles. The quantitative estimate of drug-likeness (QED) is 0.860. The van der Waals surface area contributed by atoms with E-state index in [-0.39, 0.29) is 16.9 Å². The first-order valence-electron chi connectivity index (χ1n) is 6.31. The van der Waals surface area contributed by atoms with Crippen LogP contribution in [0.4, 0.5) is 0 Å². The van der Waals surface area contributed by atoms with E-state index in [1.807, 2.05) is 6.92 Å². The molecule has 0 amide bonds. The van der Waals surface area contributed by atoms with Gasteiger partial charge in [-0.3, -0.25) is 0 Å². The minimum atomic E-state index is -3.48. The molecule has 0 radical (unpaired) electrons. The number of rotatable bonds is 5. The van der Waals surface area contributed by atoms with E-state index in [4.69, 9.17) is 9.84 Å². The summed E-state index contributed by atoms with van der Waals surface area (Å²) in [4.78, 5) is 0. The molecule has 1 atom stereocenters. The summed E-state index contributed by atoms with van der Waals surface area (Å²) in [5.41, 5.74) is 0.629. The lowest BCUT2D eigenvalue weighted by Crippen LogP contribution is -2.39. The second kappa shape index (κ2) is 6.32. The molecule has 1 aliphatic heterocycles. The highest BCUT2D eigenvalue weighted by molar-refractivity contribution is 7.91. The molecular formula is C12H19NO4S2. The summed E-state index contributed by atoms with van der Waals surface area (Å²) in [5, 5.41) is 10.6. The van der Waals surface area contributed by atoms with Crippen LogP contribution in [-0.4, -0.2) is 32.8 Å². The molecule has 2 heterocycles. The lowest BCUT2D eigenvalue weighted by atomic mass is 9.94. The molecule has 2 N–H and O–H groups in total. The number of aliphatic hydroxyl groups excluding tert-OH is 1. The second-order valence-corrected chi connectivity index (χ2v) is 7.64. The van der Waals surface area contributed by atoms with Crippen molar-refractivity contribution in [2.75, 3.05) is 13.2 Å². The minimum absolute atomic E-state index is 0.103. The van der Waals surface area contributed by atoms with Gasteiger partial charge < -0.3 is 9.84 Å². The van der Waals surface area contributed by atoms with Gasteiger partial charge in [0.15, 0.2) is 0 Å². The zero-order chi connectivity index (χ0) is 13.9. The maximum atomic E-state index is 12.2. The standard InChI is InChI=1S/C12H19NO4S2/c1-9(11-2-4-17-5-3-11)13-19(15,16)12-6-10(7-14)8-18-12/h6,8-9,11,13-14H,2-5,7H2,1H3. The van der Waals surface area contributed by atoms with Crippen LogP contribution in [-0.2, 0) is 21.4 Å². The minimum Gasteiger partial charge on any atom is -0.392 e. The normalized spacial score (nSPS) is 19.5. The average Bonchev–Trinajstić information content (AvgIpc) is 2.89. The van der Waals surface area contributed by atoms with Crippen LogP contribution in [0.5, 0.6) is 0 Å². The van der Waals surface area contributed by atoms with E-state index in [1.54, 1.807) is 5.38 Å². The number of ether oxygens (including phenoxy) is 1. The van der Waals surface area contributed by atoms with E-state index in [0.29, 0.717) is 24.7 Å². The Balaban J connectivity index is 2.03. The summed E-state index contributed by atoms with van der Waals surface area (Å²) in [6.07, 6.45) is 1.77. The van der Waals surface area contributed by atoms with Crippen molar-refractivity contribution in [3.63, 3.8) is 0 Å². The van der Waals surface area contributed by atoms with Crippen LogP contribution < -0.4 is 4.72 Å². The molecule has 5 nitrogen and oxygen atoms in total. The molecule has 108 valence electrons. The Bertz CT molecular complexity index is 506. The highest BCUT2D eigenvalue weighted by Crippen LogP contribution is 2.23. The number of thiophene rings is 1. The number of aliphatic hydroxyl groups is 1. The first-order chi connectivity index (χ1) is 9.03. The fourth-order valence-corrected chi connectivity index (χ4v) is 4.72. The zero-order valence-corrected chi connectivity index (χ0v) is 12.5. The van der Waals surface area contributed by atoms with Crippen LogP contribution in [0.2, 0.25) is 0 Å². The van der Waals surface area contributed by atoms with Gasteiger partial charge in [-0.15, -0.1) is 11.3 Å². The summed E-state index contributed by atoms with van der Waals surface area (Å²) in [7, 11) is -3.48. The van der Waals surface area contributed by atoms with Gasteiger partial charge in [-0.1, -0.05) is 0 Å².